The second-order valence-electron chi connectivity index (χ2n) is 7.98. The van der Waals surface area contributed by atoms with Crippen molar-refractivity contribution in [3.8, 4) is 0 Å². The van der Waals surface area contributed by atoms with Crippen molar-refractivity contribution in [3.63, 3.8) is 0 Å². The van der Waals surface area contributed by atoms with Crippen LogP contribution in [-0.4, -0.2) is 59.4 Å². The number of likely N-dealkylation sites (N-methyl/N-ethyl adjacent to an activating group) is 1. The molecule has 2 heterocycles. The van der Waals surface area contributed by atoms with Gasteiger partial charge in [-0.2, -0.15) is 0 Å². The van der Waals surface area contributed by atoms with Crippen LogP contribution in [0.2, 0.25) is 0 Å². The summed E-state index contributed by atoms with van der Waals surface area (Å²) in [5.41, 5.74) is 1.92. The zero-order valence-electron chi connectivity index (χ0n) is 18.3. The monoisotopic (exact) mass is 434 g/mol. The summed E-state index contributed by atoms with van der Waals surface area (Å²) >= 11 is 0. The highest BCUT2D eigenvalue weighted by atomic mass is 19.1. The maximum Gasteiger partial charge on any atom is 0.270 e. The average Bonchev–Trinajstić information content (AvgIpc) is 3.16. The molecule has 2 aromatic carbocycles. The molecule has 3 aromatic rings. The minimum Gasteiger partial charge on any atom is -0.347 e. The molecule has 2 amide bonds. The van der Waals surface area contributed by atoms with Crippen molar-refractivity contribution in [1.29, 1.82) is 0 Å². The van der Waals surface area contributed by atoms with Gasteiger partial charge in [-0.3, -0.25) is 9.59 Å². The number of hydrogen-bond acceptors (Lipinski definition) is 3. The van der Waals surface area contributed by atoms with E-state index in [-0.39, 0.29) is 17.2 Å². The van der Waals surface area contributed by atoms with Crippen molar-refractivity contribution in [1.82, 2.24) is 19.7 Å². The molecule has 0 atom stereocenters. The molecule has 0 spiro atoms. The Bertz CT molecular complexity index is 1180. The highest BCUT2D eigenvalue weighted by Crippen LogP contribution is 2.24. The molecule has 166 valence electrons. The Morgan fingerprint density at radius 1 is 1.03 bits per heavy atom. The summed E-state index contributed by atoms with van der Waals surface area (Å²) in [4.78, 5) is 30.1. The Balaban J connectivity index is 1.73. The molecule has 1 aliphatic rings. The van der Waals surface area contributed by atoms with Crippen LogP contribution in [0.3, 0.4) is 0 Å². The molecule has 0 aliphatic carbocycles. The molecule has 1 fully saturated rings. The van der Waals surface area contributed by atoms with Crippen LogP contribution in [0.25, 0.3) is 17.0 Å². The van der Waals surface area contributed by atoms with Gasteiger partial charge in [0.2, 0.25) is 0 Å². The molecular weight excluding hydrogens is 407 g/mol. The maximum absolute atomic E-state index is 14.2. The number of aryl methyl sites for hydroxylation is 1. The first kappa shape index (κ1) is 21.8. The highest BCUT2D eigenvalue weighted by molar-refractivity contribution is 6.06. The number of rotatable bonds is 5. The van der Waals surface area contributed by atoms with Gasteiger partial charge in [0, 0.05) is 55.4 Å². The van der Waals surface area contributed by atoms with Gasteiger partial charge >= 0.3 is 0 Å². The number of amides is 2. The molecule has 4 rings (SSSR count). The second kappa shape index (κ2) is 9.36. The van der Waals surface area contributed by atoms with Gasteiger partial charge in [-0.15, -0.1) is 0 Å². The number of carbonyl (C=O) groups excluding carboxylic acids is 2. The van der Waals surface area contributed by atoms with Gasteiger partial charge in [0.15, 0.2) is 0 Å². The van der Waals surface area contributed by atoms with Gasteiger partial charge in [0.05, 0.1) is 5.56 Å². The molecule has 7 heteroatoms. The fourth-order valence-corrected chi connectivity index (χ4v) is 3.97. The van der Waals surface area contributed by atoms with E-state index >= 15 is 0 Å². The maximum atomic E-state index is 14.2. The third kappa shape index (κ3) is 4.43. The number of benzene rings is 2. The molecular formula is C25H27FN4O2. The first-order chi connectivity index (χ1) is 15.5. The van der Waals surface area contributed by atoms with Crippen molar-refractivity contribution in [2.24, 2.45) is 0 Å². The summed E-state index contributed by atoms with van der Waals surface area (Å²) in [5.74, 6) is -1.54. The topological polar surface area (TPSA) is 57.6 Å². The Kier molecular flexibility index (Phi) is 6.37. The molecule has 1 aliphatic heterocycles. The SMILES string of the molecule is CCn1cc(C=C(NC(=O)c2ccccc2F)C(=O)N2CCN(C)CC2)c2ccccc21. The molecule has 0 radical (unpaired) electrons. The lowest BCUT2D eigenvalue weighted by molar-refractivity contribution is -0.128. The van der Waals surface area contributed by atoms with E-state index in [2.05, 4.69) is 21.7 Å². The lowest BCUT2D eigenvalue weighted by Crippen LogP contribution is -2.49. The first-order valence-electron chi connectivity index (χ1n) is 10.8. The third-order valence-electron chi connectivity index (χ3n) is 5.85. The summed E-state index contributed by atoms with van der Waals surface area (Å²) in [7, 11) is 2.01. The fourth-order valence-electron chi connectivity index (χ4n) is 3.97. The lowest BCUT2D eigenvalue weighted by Gasteiger charge is -2.33. The number of nitrogens with one attached hydrogen (secondary N) is 1. The van der Waals surface area contributed by atoms with Crippen LogP contribution in [0, 0.1) is 5.82 Å². The van der Waals surface area contributed by atoms with Crippen molar-refractivity contribution in [2.45, 2.75) is 13.5 Å². The van der Waals surface area contributed by atoms with Crippen LogP contribution in [0.4, 0.5) is 4.39 Å². The zero-order valence-corrected chi connectivity index (χ0v) is 18.3. The second-order valence-corrected chi connectivity index (χ2v) is 7.98. The smallest absolute Gasteiger partial charge is 0.270 e. The largest absolute Gasteiger partial charge is 0.347 e. The highest BCUT2D eigenvalue weighted by Gasteiger charge is 2.25. The molecule has 0 unspecified atom stereocenters. The minimum absolute atomic E-state index is 0.0967. The third-order valence-corrected chi connectivity index (χ3v) is 5.85. The van der Waals surface area contributed by atoms with E-state index in [9.17, 15) is 14.0 Å². The fraction of sp³-hybridized carbons (Fsp3) is 0.280. The minimum atomic E-state index is -0.643. The first-order valence-corrected chi connectivity index (χ1v) is 10.8. The number of carbonyl (C=O) groups is 2. The van der Waals surface area contributed by atoms with Gasteiger partial charge in [-0.25, -0.2) is 4.39 Å². The summed E-state index contributed by atoms with van der Waals surface area (Å²) < 4.78 is 16.3. The quantitative estimate of drug-likeness (QED) is 0.627. The van der Waals surface area contributed by atoms with Gasteiger partial charge in [0.1, 0.15) is 11.5 Å². The molecule has 0 bridgehead atoms. The van der Waals surface area contributed by atoms with E-state index in [1.165, 1.54) is 18.2 Å². The van der Waals surface area contributed by atoms with Crippen molar-refractivity contribution >= 4 is 28.8 Å². The Hall–Kier alpha value is -3.45. The van der Waals surface area contributed by atoms with Crippen molar-refractivity contribution in [3.05, 3.63) is 77.4 Å². The zero-order chi connectivity index (χ0) is 22.7. The molecule has 1 saturated heterocycles. The number of piperazine rings is 1. The van der Waals surface area contributed by atoms with E-state index in [4.69, 9.17) is 0 Å². The van der Waals surface area contributed by atoms with Crippen molar-refractivity contribution < 1.29 is 14.0 Å². The number of hydrogen-bond donors (Lipinski definition) is 1. The van der Waals surface area contributed by atoms with E-state index in [0.717, 1.165) is 36.1 Å². The van der Waals surface area contributed by atoms with Gasteiger partial charge < -0.3 is 19.7 Å². The van der Waals surface area contributed by atoms with Crippen LogP contribution in [0.5, 0.6) is 0 Å². The van der Waals surface area contributed by atoms with Gasteiger partial charge in [-0.1, -0.05) is 30.3 Å². The van der Waals surface area contributed by atoms with E-state index in [1.807, 2.05) is 37.5 Å². The normalized spacial score (nSPS) is 15.2. The van der Waals surface area contributed by atoms with Gasteiger partial charge in [0.25, 0.3) is 11.8 Å². The summed E-state index contributed by atoms with van der Waals surface area (Å²) in [5, 5.41) is 3.68. The molecule has 1 N–H and O–H groups in total. The van der Waals surface area contributed by atoms with Crippen LogP contribution in [-0.2, 0) is 11.3 Å². The van der Waals surface area contributed by atoms with Gasteiger partial charge in [-0.05, 0) is 38.2 Å². The van der Waals surface area contributed by atoms with E-state index in [0.29, 0.717) is 13.1 Å². The standard InChI is InChI=1S/C25H27FN4O2/c1-3-29-17-18(19-8-5-7-11-23(19)29)16-22(25(32)30-14-12-28(2)13-15-30)27-24(31)20-9-4-6-10-21(20)26/h4-11,16-17H,3,12-15H2,1-2H3,(H,27,31). The number of fused-ring (bicyclic) bond motifs is 1. The molecule has 6 nitrogen and oxygen atoms in total. The van der Waals surface area contributed by atoms with Crippen LogP contribution < -0.4 is 5.32 Å². The number of aromatic nitrogens is 1. The number of nitrogens with zero attached hydrogens (tertiary/aromatic N) is 3. The Morgan fingerprint density at radius 2 is 1.72 bits per heavy atom. The average molecular weight is 435 g/mol. The van der Waals surface area contributed by atoms with Crippen LogP contribution in [0.1, 0.15) is 22.8 Å². The lowest BCUT2D eigenvalue weighted by atomic mass is 10.1. The molecule has 0 saturated carbocycles. The van der Waals surface area contributed by atoms with E-state index in [1.54, 1.807) is 17.0 Å². The predicted molar refractivity (Wildman–Crippen MR) is 124 cm³/mol. The number of halogens is 1. The van der Waals surface area contributed by atoms with Crippen LogP contribution in [0.15, 0.2) is 60.4 Å². The predicted octanol–water partition coefficient (Wildman–Crippen LogP) is 3.35. The van der Waals surface area contributed by atoms with E-state index < -0.39 is 11.7 Å². The molecule has 32 heavy (non-hydrogen) atoms. The summed E-state index contributed by atoms with van der Waals surface area (Å²) in [6.07, 6.45) is 3.67. The Morgan fingerprint density at radius 3 is 2.44 bits per heavy atom. The van der Waals surface area contributed by atoms with Crippen LogP contribution >= 0.6 is 0 Å². The van der Waals surface area contributed by atoms with Crippen molar-refractivity contribution in [2.75, 3.05) is 33.2 Å². The number of para-hydroxylation sites is 1. The molecule has 1 aromatic heterocycles. The Labute approximate surface area is 186 Å². The summed E-state index contributed by atoms with van der Waals surface area (Å²) in [6.45, 7) is 5.48. The summed E-state index contributed by atoms with van der Waals surface area (Å²) in [6, 6.07) is 13.7.